The zero-order chi connectivity index (χ0) is 13.8. The SMILES string of the molecule is FCCN1CC2(CCCCC2)NCC1c1ccccc1. The Morgan fingerprint density at radius 3 is 2.60 bits per heavy atom. The summed E-state index contributed by atoms with van der Waals surface area (Å²) in [6.07, 6.45) is 6.47. The highest BCUT2D eigenvalue weighted by molar-refractivity contribution is 5.21. The van der Waals surface area contributed by atoms with Gasteiger partial charge in [0.05, 0.1) is 0 Å². The van der Waals surface area contributed by atoms with E-state index < -0.39 is 0 Å². The van der Waals surface area contributed by atoms with E-state index in [9.17, 15) is 4.39 Å². The van der Waals surface area contributed by atoms with Gasteiger partial charge in [0.15, 0.2) is 0 Å². The average molecular weight is 276 g/mol. The van der Waals surface area contributed by atoms with E-state index >= 15 is 0 Å². The van der Waals surface area contributed by atoms with Crippen molar-refractivity contribution < 1.29 is 4.39 Å². The Morgan fingerprint density at radius 2 is 1.90 bits per heavy atom. The molecular weight excluding hydrogens is 251 g/mol. The summed E-state index contributed by atoms with van der Waals surface area (Å²) < 4.78 is 13.0. The minimum absolute atomic E-state index is 0.249. The number of hydrogen-bond acceptors (Lipinski definition) is 2. The summed E-state index contributed by atoms with van der Waals surface area (Å²) in [5.74, 6) is 0. The molecular formula is C17H25FN2. The Labute approximate surface area is 121 Å². The number of benzene rings is 1. The first kappa shape index (κ1) is 14.0. The highest BCUT2D eigenvalue weighted by Crippen LogP contribution is 2.35. The topological polar surface area (TPSA) is 15.3 Å². The first-order valence-corrected chi connectivity index (χ1v) is 7.93. The summed E-state index contributed by atoms with van der Waals surface area (Å²) >= 11 is 0. The van der Waals surface area contributed by atoms with Crippen LogP contribution in [0.3, 0.4) is 0 Å². The molecule has 1 saturated carbocycles. The van der Waals surface area contributed by atoms with E-state index in [1.165, 1.54) is 37.7 Å². The summed E-state index contributed by atoms with van der Waals surface area (Å²) in [7, 11) is 0. The van der Waals surface area contributed by atoms with Crippen LogP contribution < -0.4 is 5.32 Å². The van der Waals surface area contributed by atoms with Crippen molar-refractivity contribution in [2.24, 2.45) is 0 Å². The summed E-state index contributed by atoms with van der Waals surface area (Å²) in [5, 5.41) is 3.81. The third kappa shape index (κ3) is 2.89. The molecule has 1 aromatic carbocycles. The van der Waals surface area contributed by atoms with Gasteiger partial charge in [-0.25, -0.2) is 4.39 Å². The lowest BCUT2D eigenvalue weighted by molar-refractivity contribution is 0.0510. The first-order valence-electron chi connectivity index (χ1n) is 7.93. The van der Waals surface area contributed by atoms with Crippen LogP contribution in [-0.4, -0.2) is 36.7 Å². The van der Waals surface area contributed by atoms with Gasteiger partial charge in [0.2, 0.25) is 0 Å². The smallest absolute Gasteiger partial charge is 0.102 e. The van der Waals surface area contributed by atoms with Crippen LogP contribution in [0.2, 0.25) is 0 Å². The molecule has 1 saturated heterocycles. The van der Waals surface area contributed by atoms with Crippen LogP contribution in [0.1, 0.15) is 43.7 Å². The normalized spacial score (nSPS) is 26.8. The number of nitrogens with one attached hydrogen (secondary N) is 1. The van der Waals surface area contributed by atoms with E-state index in [1.54, 1.807) is 0 Å². The molecule has 1 spiro atoms. The van der Waals surface area contributed by atoms with Gasteiger partial charge in [-0.2, -0.15) is 0 Å². The fourth-order valence-corrected chi connectivity index (χ4v) is 3.91. The van der Waals surface area contributed by atoms with E-state index in [0.717, 1.165) is 13.1 Å². The van der Waals surface area contributed by atoms with E-state index in [0.29, 0.717) is 12.6 Å². The van der Waals surface area contributed by atoms with Crippen LogP contribution in [0.5, 0.6) is 0 Å². The molecule has 0 amide bonds. The second-order valence-corrected chi connectivity index (χ2v) is 6.31. The lowest BCUT2D eigenvalue weighted by Gasteiger charge is -2.49. The van der Waals surface area contributed by atoms with Crippen LogP contribution in [0.15, 0.2) is 30.3 Å². The number of rotatable bonds is 3. The molecule has 0 radical (unpaired) electrons. The van der Waals surface area contributed by atoms with Crippen molar-refractivity contribution in [1.29, 1.82) is 0 Å². The van der Waals surface area contributed by atoms with Gasteiger partial charge in [0.1, 0.15) is 6.67 Å². The van der Waals surface area contributed by atoms with Crippen molar-refractivity contribution in [1.82, 2.24) is 10.2 Å². The maximum absolute atomic E-state index is 13.0. The lowest BCUT2D eigenvalue weighted by atomic mass is 9.79. The van der Waals surface area contributed by atoms with E-state index in [-0.39, 0.29) is 12.2 Å². The second kappa shape index (κ2) is 6.23. The zero-order valence-corrected chi connectivity index (χ0v) is 12.2. The molecule has 1 aliphatic carbocycles. The molecule has 1 aliphatic heterocycles. The summed E-state index contributed by atoms with van der Waals surface area (Å²) in [6, 6.07) is 10.8. The van der Waals surface area contributed by atoms with Gasteiger partial charge in [-0.3, -0.25) is 4.90 Å². The number of nitrogens with zero attached hydrogens (tertiary/aromatic N) is 1. The van der Waals surface area contributed by atoms with Crippen LogP contribution in [0.25, 0.3) is 0 Å². The molecule has 0 aromatic heterocycles. The second-order valence-electron chi connectivity index (χ2n) is 6.31. The number of alkyl halides is 1. The fourth-order valence-electron chi connectivity index (χ4n) is 3.91. The Balaban J connectivity index is 1.76. The minimum Gasteiger partial charge on any atom is -0.308 e. The molecule has 1 unspecified atom stereocenters. The van der Waals surface area contributed by atoms with Gasteiger partial charge in [-0.15, -0.1) is 0 Å². The molecule has 2 aliphatic rings. The maximum atomic E-state index is 13.0. The van der Waals surface area contributed by atoms with Crippen molar-refractivity contribution in [3.8, 4) is 0 Å². The number of hydrogen-bond donors (Lipinski definition) is 1. The predicted octanol–water partition coefficient (Wildman–Crippen LogP) is 3.31. The quantitative estimate of drug-likeness (QED) is 0.911. The molecule has 1 heterocycles. The van der Waals surface area contributed by atoms with E-state index in [4.69, 9.17) is 0 Å². The van der Waals surface area contributed by atoms with Crippen LogP contribution >= 0.6 is 0 Å². The predicted molar refractivity (Wildman–Crippen MR) is 80.5 cm³/mol. The monoisotopic (exact) mass is 276 g/mol. The fraction of sp³-hybridized carbons (Fsp3) is 0.647. The van der Waals surface area contributed by atoms with Crippen molar-refractivity contribution >= 4 is 0 Å². The highest BCUT2D eigenvalue weighted by Gasteiger charge is 2.39. The highest BCUT2D eigenvalue weighted by atomic mass is 19.1. The van der Waals surface area contributed by atoms with Crippen LogP contribution in [0, 0.1) is 0 Å². The molecule has 2 nitrogen and oxygen atoms in total. The van der Waals surface area contributed by atoms with Gasteiger partial charge in [-0.1, -0.05) is 49.6 Å². The van der Waals surface area contributed by atoms with Gasteiger partial charge >= 0.3 is 0 Å². The Morgan fingerprint density at radius 1 is 1.15 bits per heavy atom. The molecule has 2 fully saturated rings. The Kier molecular flexibility index (Phi) is 4.37. The molecule has 3 rings (SSSR count). The lowest BCUT2D eigenvalue weighted by Crippen LogP contribution is -2.62. The third-order valence-corrected chi connectivity index (χ3v) is 4.98. The van der Waals surface area contributed by atoms with Crippen molar-refractivity contribution in [3.63, 3.8) is 0 Å². The number of piperazine rings is 1. The molecule has 3 heteroatoms. The summed E-state index contributed by atoms with van der Waals surface area (Å²) in [6.45, 7) is 2.25. The van der Waals surface area contributed by atoms with Crippen LogP contribution in [-0.2, 0) is 0 Å². The first-order chi connectivity index (χ1) is 9.83. The van der Waals surface area contributed by atoms with Crippen molar-refractivity contribution in [3.05, 3.63) is 35.9 Å². The molecule has 1 aromatic rings. The number of halogens is 1. The standard InChI is InChI=1S/C17H25FN2/c18-11-12-20-14-17(9-5-2-6-10-17)19-13-16(20)15-7-3-1-4-8-15/h1,3-4,7-8,16,19H,2,5-6,9-14H2. The van der Waals surface area contributed by atoms with E-state index in [2.05, 4.69) is 34.5 Å². The van der Waals surface area contributed by atoms with Crippen LogP contribution in [0.4, 0.5) is 4.39 Å². The molecule has 0 bridgehead atoms. The van der Waals surface area contributed by atoms with Crippen molar-refractivity contribution in [2.45, 2.75) is 43.7 Å². The minimum atomic E-state index is -0.251. The Hall–Kier alpha value is -0.930. The molecule has 1 atom stereocenters. The third-order valence-electron chi connectivity index (χ3n) is 4.98. The van der Waals surface area contributed by atoms with Gasteiger partial charge in [0.25, 0.3) is 0 Å². The average Bonchev–Trinajstić information content (AvgIpc) is 2.50. The van der Waals surface area contributed by atoms with Crippen molar-refractivity contribution in [2.75, 3.05) is 26.3 Å². The summed E-state index contributed by atoms with van der Waals surface area (Å²) in [4.78, 5) is 2.36. The van der Waals surface area contributed by atoms with Gasteiger partial charge in [-0.05, 0) is 18.4 Å². The largest absolute Gasteiger partial charge is 0.308 e. The zero-order valence-electron chi connectivity index (χ0n) is 12.2. The molecule has 110 valence electrons. The van der Waals surface area contributed by atoms with E-state index in [1.807, 2.05) is 6.07 Å². The molecule has 20 heavy (non-hydrogen) atoms. The van der Waals surface area contributed by atoms with Gasteiger partial charge in [0, 0.05) is 31.2 Å². The van der Waals surface area contributed by atoms with Gasteiger partial charge < -0.3 is 5.32 Å². The maximum Gasteiger partial charge on any atom is 0.102 e. The summed E-state index contributed by atoms with van der Waals surface area (Å²) in [5.41, 5.74) is 1.55. The Bertz CT molecular complexity index is 414. The molecule has 1 N–H and O–H groups in total.